The summed E-state index contributed by atoms with van der Waals surface area (Å²) in [6.45, 7) is 31.7. The molecule has 0 N–H and O–H groups in total. The molecule has 0 bridgehead atoms. The van der Waals surface area contributed by atoms with Crippen molar-refractivity contribution in [3.8, 4) is 17.3 Å². The zero-order valence-corrected chi connectivity index (χ0v) is 42.5. The van der Waals surface area contributed by atoms with Gasteiger partial charge in [-0.3, -0.25) is 0 Å². The van der Waals surface area contributed by atoms with Crippen LogP contribution >= 0.6 is 0 Å². The Bertz CT molecular complexity index is 3040. The van der Waals surface area contributed by atoms with Crippen molar-refractivity contribution >= 4 is 44.6 Å². The summed E-state index contributed by atoms with van der Waals surface area (Å²) in [5, 5.41) is 2.29. The summed E-state index contributed by atoms with van der Waals surface area (Å²) in [5.74, 6) is 2.07. The van der Waals surface area contributed by atoms with E-state index in [1.165, 1.54) is 33.4 Å². The van der Waals surface area contributed by atoms with Gasteiger partial charge < -0.3 is 19.1 Å². The third-order valence-corrected chi connectivity index (χ3v) is 13.2. The number of hydrogen-bond acceptors (Lipinski definition) is 4. The molecule has 1 aliphatic heterocycles. The molecule has 0 saturated carbocycles. The number of fused-ring (bicyclic) bond motifs is 4. The van der Waals surface area contributed by atoms with E-state index in [9.17, 15) is 0 Å². The molecular weight excluding hydrogens is 976 g/mol. The first kappa shape index (κ1) is 45.9. The van der Waals surface area contributed by atoms with E-state index >= 15 is 0 Å². The summed E-state index contributed by atoms with van der Waals surface area (Å²) in [5.41, 5.74) is 14.5. The van der Waals surface area contributed by atoms with Gasteiger partial charge in [-0.1, -0.05) is 142 Å². The van der Waals surface area contributed by atoms with Gasteiger partial charge in [-0.15, -0.1) is 48.3 Å². The molecule has 5 nitrogen and oxygen atoms in total. The van der Waals surface area contributed by atoms with Crippen LogP contribution in [0.5, 0.6) is 11.5 Å². The van der Waals surface area contributed by atoms with Gasteiger partial charge in [0.15, 0.2) is 0 Å². The van der Waals surface area contributed by atoms with Gasteiger partial charge in [0, 0.05) is 61.3 Å². The maximum absolute atomic E-state index is 6.97. The van der Waals surface area contributed by atoms with Crippen LogP contribution in [-0.4, -0.2) is 9.55 Å². The van der Waals surface area contributed by atoms with Gasteiger partial charge >= 0.3 is 0 Å². The van der Waals surface area contributed by atoms with Crippen molar-refractivity contribution in [3.63, 3.8) is 0 Å². The molecule has 9 rings (SSSR count). The molecule has 8 aromatic rings. The Kier molecular flexibility index (Phi) is 11.8. The third-order valence-electron chi connectivity index (χ3n) is 13.2. The fraction of sp³-hybridized carbons (Fsp3) is 0.288. The minimum absolute atomic E-state index is 0. The number of nitrogens with zero attached hydrogens (tertiary/aromatic N) is 4. The van der Waals surface area contributed by atoms with Gasteiger partial charge in [-0.25, -0.2) is 4.98 Å². The monoisotopic (exact) mass is 1040 g/mol. The van der Waals surface area contributed by atoms with Crippen LogP contribution in [0.2, 0.25) is 0 Å². The molecule has 65 heavy (non-hydrogen) atoms. The maximum Gasteiger partial charge on any atom is 0.135 e. The van der Waals surface area contributed by atoms with Crippen LogP contribution in [-0.2, 0) is 42.7 Å². The van der Waals surface area contributed by atoms with E-state index in [1.807, 2.05) is 12.3 Å². The Balaban J connectivity index is 0.00000576. The number of rotatable bonds is 7. The van der Waals surface area contributed by atoms with Crippen LogP contribution < -0.4 is 14.5 Å². The largest absolute Gasteiger partial charge is 0.509 e. The summed E-state index contributed by atoms with van der Waals surface area (Å²) < 4.78 is 9.23. The molecule has 0 atom stereocenters. The van der Waals surface area contributed by atoms with E-state index in [2.05, 4.69) is 238 Å². The predicted octanol–water partition coefficient (Wildman–Crippen LogP) is 15.8. The van der Waals surface area contributed by atoms with Gasteiger partial charge in [0.2, 0.25) is 0 Å². The molecule has 0 unspecified atom stereocenters. The average Bonchev–Trinajstić information content (AvgIpc) is 3.78. The Hall–Kier alpha value is -5.64. The van der Waals surface area contributed by atoms with Gasteiger partial charge in [0.05, 0.1) is 0 Å². The summed E-state index contributed by atoms with van der Waals surface area (Å²) >= 11 is 0. The zero-order valence-electron chi connectivity index (χ0n) is 40.2. The molecule has 0 radical (unpaired) electrons. The SMILES string of the molecule is Cc1cc2c(cc1C)N(c1cc(C(C)(C)C)cc(C(C)(C)C)c1)[CH-]N2c1[c-]c(Oc2[c-]c3c(c(C(C)(C)c4ccccc4)c2)c2ccccc2n3-c2cc(C(C)(C)C)ccn2)ccc1.[Pt]. The van der Waals surface area contributed by atoms with E-state index in [4.69, 9.17) is 9.72 Å². The van der Waals surface area contributed by atoms with Crippen molar-refractivity contribution < 1.29 is 25.8 Å². The zero-order chi connectivity index (χ0) is 45.5. The normalized spacial score (nSPS) is 13.4. The van der Waals surface area contributed by atoms with Crippen molar-refractivity contribution in [3.05, 3.63) is 185 Å². The van der Waals surface area contributed by atoms with Crippen molar-refractivity contribution in [1.29, 1.82) is 0 Å². The second-order valence-electron chi connectivity index (χ2n) is 21.3. The minimum Gasteiger partial charge on any atom is -0.509 e. The van der Waals surface area contributed by atoms with Crippen molar-refractivity contribution in [2.75, 3.05) is 9.80 Å². The molecule has 6 heteroatoms. The quantitative estimate of drug-likeness (QED) is 0.149. The Morgan fingerprint density at radius 3 is 1.82 bits per heavy atom. The fourth-order valence-electron chi connectivity index (χ4n) is 8.97. The first-order valence-electron chi connectivity index (χ1n) is 22.6. The molecule has 3 heterocycles. The van der Waals surface area contributed by atoms with Crippen LogP contribution in [0.3, 0.4) is 0 Å². The first-order chi connectivity index (χ1) is 30.2. The van der Waals surface area contributed by atoms with E-state index in [1.54, 1.807) is 0 Å². The van der Waals surface area contributed by atoms with Gasteiger partial charge in [-0.05, 0) is 117 Å². The Morgan fingerprint density at radius 2 is 1.17 bits per heavy atom. The van der Waals surface area contributed by atoms with E-state index in [0.29, 0.717) is 11.5 Å². The summed E-state index contributed by atoms with van der Waals surface area (Å²) in [6, 6.07) is 51.2. The van der Waals surface area contributed by atoms with Crippen LogP contribution in [0.1, 0.15) is 115 Å². The van der Waals surface area contributed by atoms with Gasteiger partial charge in [0.1, 0.15) is 5.82 Å². The van der Waals surface area contributed by atoms with E-state index < -0.39 is 5.41 Å². The van der Waals surface area contributed by atoms with Crippen molar-refractivity contribution in [1.82, 2.24) is 9.55 Å². The van der Waals surface area contributed by atoms with Crippen LogP contribution in [0.4, 0.5) is 22.7 Å². The van der Waals surface area contributed by atoms with Crippen LogP contribution in [0, 0.1) is 32.6 Å². The van der Waals surface area contributed by atoms with Crippen LogP contribution in [0.15, 0.2) is 128 Å². The third kappa shape index (κ3) is 8.54. The summed E-state index contributed by atoms with van der Waals surface area (Å²) in [7, 11) is 0. The second-order valence-corrected chi connectivity index (χ2v) is 21.3. The predicted molar refractivity (Wildman–Crippen MR) is 268 cm³/mol. The number of anilines is 4. The number of pyridine rings is 1. The molecule has 6 aromatic carbocycles. The molecule has 0 amide bonds. The van der Waals surface area contributed by atoms with E-state index in [-0.39, 0.29) is 37.3 Å². The average molecular weight is 1040 g/mol. The molecule has 0 fully saturated rings. The Morgan fingerprint density at radius 1 is 0.554 bits per heavy atom. The molecule has 0 spiro atoms. The molecule has 2 aromatic heterocycles. The Labute approximate surface area is 401 Å². The molecular formula is C59H61N4OPt-3. The summed E-state index contributed by atoms with van der Waals surface area (Å²) in [6.07, 6.45) is 1.92. The smallest absolute Gasteiger partial charge is 0.135 e. The molecule has 0 aliphatic carbocycles. The summed E-state index contributed by atoms with van der Waals surface area (Å²) in [4.78, 5) is 9.58. The molecule has 0 saturated heterocycles. The number of aromatic nitrogens is 2. The first-order valence-corrected chi connectivity index (χ1v) is 22.6. The van der Waals surface area contributed by atoms with E-state index in [0.717, 1.165) is 55.9 Å². The molecule has 336 valence electrons. The van der Waals surface area contributed by atoms with Gasteiger partial charge in [0.25, 0.3) is 0 Å². The van der Waals surface area contributed by atoms with Crippen molar-refractivity contribution in [2.24, 2.45) is 0 Å². The van der Waals surface area contributed by atoms with Crippen LogP contribution in [0.25, 0.3) is 27.6 Å². The standard InChI is InChI=1S/C59H61N4O.Pt/c1-38-28-51-52(29-39(38)2)62(45-31-42(57(6,7)8)30-43(32-45)58(9,10)11)37-61(51)44-22-19-23-46(34-44)64-47-35-49(59(12,13)40-20-15-14-16-21-40)55-48-24-17-18-25-50(48)63(53(55)36-47)54-33-41(26-27-60-54)56(3,4)5;/h14-33,35,37H,1-13H3;/q-3;. The second kappa shape index (κ2) is 16.7. The number of benzene rings is 6. The topological polar surface area (TPSA) is 33.5 Å². The number of ether oxygens (including phenoxy) is 1. The number of para-hydroxylation sites is 1. The minimum atomic E-state index is -0.390. The maximum atomic E-state index is 6.97. The van der Waals surface area contributed by atoms with Gasteiger partial charge in [-0.2, -0.15) is 6.07 Å². The fourth-order valence-corrected chi connectivity index (χ4v) is 8.97. The molecule has 1 aliphatic rings. The number of hydrogen-bond donors (Lipinski definition) is 0. The number of aryl methyl sites for hydroxylation is 2. The van der Waals surface area contributed by atoms with Crippen molar-refractivity contribution in [2.45, 2.75) is 112 Å².